The summed E-state index contributed by atoms with van der Waals surface area (Å²) >= 11 is 1.35. The van der Waals surface area contributed by atoms with Crippen LogP contribution >= 0.6 is 11.8 Å². The quantitative estimate of drug-likeness (QED) is 0.717. The minimum atomic E-state index is -2.88. The number of hydrogen-bond acceptors (Lipinski definition) is 6. The van der Waals surface area contributed by atoms with Crippen molar-refractivity contribution in [3.05, 3.63) is 5.82 Å². The third-order valence-electron chi connectivity index (χ3n) is 4.44. The topological polar surface area (TPSA) is 94.0 Å². The van der Waals surface area contributed by atoms with E-state index in [0.717, 1.165) is 5.82 Å². The number of nitrogens with one attached hydrogen (secondary N) is 1. The number of thioether (sulfide) groups is 1. The first-order valence-electron chi connectivity index (χ1n) is 8.19. The van der Waals surface area contributed by atoms with Gasteiger partial charge in [-0.15, -0.1) is 10.2 Å². The van der Waals surface area contributed by atoms with Crippen LogP contribution in [0.3, 0.4) is 0 Å². The van der Waals surface area contributed by atoms with E-state index in [1.165, 1.54) is 11.8 Å². The van der Waals surface area contributed by atoms with Gasteiger partial charge in [-0.1, -0.05) is 25.6 Å². The van der Waals surface area contributed by atoms with E-state index in [1.807, 2.05) is 18.5 Å². The fraction of sp³-hybridized carbons (Fsp3) is 0.800. The van der Waals surface area contributed by atoms with Gasteiger partial charge in [0.1, 0.15) is 5.82 Å². The molecule has 1 fully saturated rings. The van der Waals surface area contributed by atoms with Crippen LogP contribution in [-0.2, 0) is 28.1 Å². The average Bonchev–Trinajstić information content (AvgIpc) is 3.00. The molecular formula is C15H26N4O3S2. The Morgan fingerprint density at radius 3 is 2.67 bits per heavy atom. The van der Waals surface area contributed by atoms with Crippen molar-refractivity contribution >= 4 is 27.5 Å². The Balaban J connectivity index is 1.87. The standard InChI is InChI=1S/C15H26N4O3S2/c1-10(2)11(3)16-14(20)8-23-15-18-17-13(19(15)4)7-12-5-6-24(21,22)9-12/h10-12H,5-9H2,1-4H3,(H,16,20)/t11-,12+/m0/s1. The number of amides is 1. The largest absolute Gasteiger partial charge is 0.353 e. The number of sulfone groups is 1. The molecule has 136 valence electrons. The first-order valence-corrected chi connectivity index (χ1v) is 11.0. The molecule has 1 saturated heterocycles. The van der Waals surface area contributed by atoms with Crippen LogP contribution in [0.5, 0.6) is 0 Å². The van der Waals surface area contributed by atoms with Crippen molar-refractivity contribution in [1.29, 1.82) is 0 Å². The van der Waals surface area contributed by atoms with Crippen molar-refractivity contribution in [3.8, 4) is 0 Å². The van der Waals surface area contributed by atoms with Crippen LogP contribution in [0.4, 0.5) is 0 Å². The molecule has 24 heavy (non-hydrogen) atoms. The van der Waals surface area contributed by atoms with Gasteiger partial charge in [0.25, 0.3) is 0 Å². The first-order chi connectivity index (χ1) is 11.2. The number of carbonyl (C=O) groups excluding carboxylic acids is 1. The Hall–Kier alpha value is -1.09. The van der Waals surface area contributed by atoms with Crippen molar-refractivity contribution in [2.24, 2.45) is 18.9 Å². The highest BCUT2D eigenvalue weighted by Crippen LogP contribution is 2.23. The monoisotopic (exact) mass is 374 g/mol. The molecular weight excluding hydrogens is 348 g/mol. The van der Waals surface area contributed by atoms with E-state index in [4.69, 9.17) is 0 Å². The summed E-state index contributed by atoms with van der Waals surface area (Å²) in [7, 11) is -1.02. The van der Waals surface area contributed by atoms with Crippen LogP contribution in [0.25, 0.3) is 0 Å². The van der Waals surface area contributed by atoms with Gasteiger partial charge in [0.05, 0.1) is 17.3 Å². The van der Waals surface area contributed by atoms with Crippen molar-refractivity contribution < 1.29 is 13.2 Å². The lowest BCUT2D eigenvalue weighted by Crippen LogP contribution is -2.37. The Morgan fingerprint density at radius 1 is 1.38 bits per heavy atom. The molecule has 1 amide bonds. The second-order valence-electron chi connectivity index (χ2n) is 6.82. The molecule has 0 spiro atoms. The lowest BCUT2D eigenvalue weighted by molar-refractivity contribution is -0.119. The third-order valence-corrected chi connectivity index (χ3v) is 7.30. The predicted molar refractivity (Wildman–Crippen MR) is 94.6 cm³/mol. The summed E-state index contributed by atoms with van der Waals surface area (Å²) in [6, 6.07) is 0.137. The highest BCUT2D eigenvalue weighted by Gasteiger charge is 2.29. The summed E-state index contributed by atoms with van der Waals surface area (Å²) in [5.74, 6) is 2.06. The number of rotatable bonds is 7. The summed E-state index contributed by atoms with van der Waals surface area (Å²) in [6.45, 7) is 6.12. The van der Waals surface area contributed by atoms with Gasteiger partial charge in [-0.05, 0) is 25.2 Å². The summed E-state index contributed by atoms with van der Waals surface area (Å²) in [5.41, 5.74) is 0. The maximum Gasteiger partial charge on any atom is 0.230 e. The van der Waals surface area contributed by atoms with Gasteiger partial charge in [0.15, 0.2) is 15.0 Å². The fourth-order valence-corrected chi connectivity index (χ4v) is 5.14. The second-order valence-corrected chi connectivity index (χ2v) is 9.99. The third kappa shape index (κ3) is 5.20. The molecule has 0 radical (unpaired) electrons. The van der Waals surface area contributed by atoms with Crippen molar-refractivity contribution in [1.82, 2.24) is 20.1 Å². The van der Waals surface area contributed by atoms with E-state index in [-0.39, 0.29) is 29.4 Å². The van der Waals surface area contributed by atoms with Crippen LogP contribution < -0.4 is 5.32 Å². The Kier molecular flexibility index (Phi) is 6.30. The van der Waals surface area contributed by atoms with Crippen molar-refractivity contribution in [3.63, 3.8) is 0 Å². The molecule has 2 atom stereocenters. The van der Waals surface area contributed by atoms with Crippen LogP contribution in [-0.4, -0.2) is 52.4 Å². The minimum Gasteiger partial charge on any atom is -0.353 e. The van der Waals surface area contributed by atoms with E-state index >= 15 is 0 Å². The maximum atomic E-state index is 11.9. The second kappa shape index (κ2) is 7.86. The molecule has 0 aliphatic carbocycles. The number of aromatic nitrogens is 3. The summed E-state index contributed by atoms with van der Waals surface area (Å²) in [4.78, 5) is 11.9. The molecule has 1 N–H and O–H groups in total. The highest BCUT2D eigenvalue weighted by molar-refractivity contribution is 7.99. The Bertz CT molecular complexity index is 685. The molecule has 1 aromatic heterocycles. The van der Waals surface area contributed by atoms with Crippen LogP contribution in [0, 0.1) is 11.8 Å². The molecule has 0 unspecified atom stereocenters. The molecule has 9 heteroatoms. The van der Waals surface area contributed by atoms with Gasteiger partial charge in [-0.3, -0.25) is 4.79 Å². The predicted octanol–water partition coefficient (Wildman–Crippen LogP) is 1.05. The van der Waals surface area contributed by atoms with E-state index < -0.39 is 9.84 Å². The maximum absolute atomic E-state index is 11.9. The van der Waals surface area contributed by atoms with Gasteiger partial charge in [0.2, 0.25) is 5.91 Å². The van der Waals surface area contributed by atoms with Crippen LogP contribution in [0.15, 0.2) is 5.16 Å². The molecule has 0 aromatic carbocycles. The van der Waals surface area contributed by atoms with E-state index in [0.29, 0.717) is 29.7 Å². The van der Waals surface area contributed by atoms with Gasteiger partial charge in [-0.2, -0.15) is 0 Å². The molecule has 7 nitrogen and oxygen atoms in total. The van der Waals surface area contributed by atoms with Gasteiger partial charge in [-0.25, -0.2) is 8.42 Å². The molecule has 1 aromatic rings. The molecule has 0 bridgehead atoms. The van der Waals surface area contributed by atoms with Gasteiger partial charge < -0.3 is 9.88 Å². The average molecular weight is 375 g/mol. The van der Waals surface area contributed by atoms with Crippen molar-refractivity contribution in [2.45, 2.75) is 44.8 Å². The lowest BCUT2D eigenvalue weighted by atomic mass is 10.1. The normalized spacial score (nSPS) is 21.1. The zero-order chi connectivity index (χ0) is 17.9. The highest BCUT2D eigenvalue weighted by atomic mass is 32.2. The van der Waals surface area contributed by atoms with Gasteiger partial charge >= 0.3 is 0 Å². The lowest BCUT2D eigenvalue weighted by Gasteiger charge is -2.17. The Morgan fingerprint density at radius 2 is 2.08 bits per heavy atom. The SMILES string of the molecule is CC(C)[C@H](C)NC(=O)CSc1nnc(C[C@H]2CCS(=O)(=O)C2)n1C. The number of hydrogen-bond donors (Lipinski definition) is 1. The van der Waals surface area contributed by atoms with Crippen LogP contribution in [0.1, 0.15) is 33.0 Å². The fourth-order valence-electron chi connectivity index (χ4n) is 2.53. The summed E-state index contributed by atoms with van der Waals surface area (Å²) < 4.78 is 24.9. The summed E-state index contributed by atoms with van der Waals surface area (Å²) in [5, 5.41) is 11.9. The van der Waals surface area contributed by atoms with Gasteiger partial charge in [0, 0.05) is 19.5 Å². The molecule has 0 saturated carbocycles. The van der Waals surface area contributed by atoms with E-state index in [9.17, 15) is 13.2 Å². The Labute approximate surface area is 147 Å². The molecule has 2 heterocycles. The molecule has 2 rings (SSSR count). The van der Waals surface area contributed by atoms with Crippen molar-refractivity contribution in [2.75, 3.05) is 17.3 Å². The zero-order valence-electron chi connectivity index (χ0n) is 14.7. The molecule has 1 aliphatic rings. The smallest absolute Gasteiger partial charge is 0.230 e. The van der Waals surface area contributed by atoms with Crippen LogP contribution in [0.2, 0.25) is 0 Å². The summed E-state index contributed by atoms with van der Waals surface area (Å²) in [6.07, 6.45) is 1.30. The zero-order valence-corrected chi connectivity index (χ0v) is 16.3. The number of carbonyl (C=O) groups is 1. The minimum absolute atomic E-state index is 0.0207. The first kappa shape index (κ1) is 19.2. The molecule has 1 aliphatic heterocycles. The number of nitrogens with zero attached hydrogens (tertiary/aromatic N) is 3. The van der Waals surface area contributed by atoms with E-state index in [2.05, 4.69) is 29.4 Å². The van der Waals surface area contributed by atoms with E-state index in [1.54, 1.807) is 0 Å².